The number of nitrogens with zero attached hydrogens (tertiary/aromatic N) is 1. The number of carbonyl (C=O) groups is 1. The maximum atomic E-state index is 10.8. The Bertz CT molecular complexity index is 237. The van der Waals surface area contributed by atoms with Crippen molar-refractivity contribution in [2.45, 2.75) is 12.5 Å². The SMILES string of the molecule is CN1CC2C=CC1C(C(=O)O)C2. The van der Waals surface area contributed by atoms with Gasteiger partial charge in [-0.25, -0.2) is 0 Å². The van der Waals surface area contributed by atoms with Gasteiger partial charge in [-0.05, 0) is 19.4 Å². The van der Waals surface area contributed by atoms with Crippen molar-refractivity contribution in [1.82, 2.24) is 4.90 Å². The van der Waals surface area contributed by atoms with Crippen LogP contribution in [0.15, 0.2) is 12.2 Å². The first-order valence-corrected chi connectivity index (χ1v) is 4.30. The summed E-state index contributed by atoms with van der Waals surface area (Å²) in [7, 11) is 2.00. The molecule has 1 aliphatic carbocycles. The summed E-state index contributed by atoms with van der Waals surface area (Å²) in [6.07, 6.45) is 5.02. The second-order valence-electron chi connectivity index (χ2n) is 3.76. The maximum absolute atomic E-state index is 10.8. The number of rotatable bonds is 1. The lowest BCUT2D eigenvalue weighted by Gasteiger charge is -2.42. The van der Waals surface area contributed by atoms with Crippen LogP contribution < -0.4 is 0 Å². The molecule has 2 bridgehead atoms. The quantitative estimate of drug-likeness (QED) is 0.581. The van der Waals surface area contributed by atoms with Crippen LogP contribution in [-0.4, -0.2) is 35.6 Å². The molecule has 3 heteroatoms. The van der Waals surface area contributed by atoms with Gasteiger partial charge in [-0.15, -0.1) is 0 Å². The van der Waals surface area contributed by atoms with Crippen LogP contribution in [0.5, 0.6) is 0 Å². The smallest absolute Gasteiger partial charge is 0.308 e. The van der Waals surface area contributed by atoms with Crippen molar-refractivity contribution in [2.24, 2.45) is 11.8 Å². The van der Waals surface area contributed by atoms with Gasteiger partial charge in [-0.2, -0.15) is 0 Å². The summed E-state index contributed by atoms with van der Waals surface area (Å²) >= 11 is 0. The molecule has 2 aliphatic heterocycles. The van der Waals surface area contributed by atoms with Crippen LogP contribution in [0.2, 0.25) is 0 Å². The largest absolute Gasteiger partial charge is 0.481 e. The van der Waals surface area contributed by atoms with E-state index in [2.05, 4.69) is 11.0 Å². The highest BCUT2D eigenvalue weighted by molar-refractivity contribution is 5.72. The maximum Gasteiger partial charge on any atom is 0.308 e. The number of aliphatic carboxylic acids is 1. The average molecular weight is 167 g/mol. The van der Waals surface area contributed by atoms with E-state index in [0.717, 1.165) is 13.0 Å². The number of hydrogen-bond acceptors (Lipinski definition) is 2. The minimum Gasteiger partial charge on any atom is -0.481 e. The molecule has 2 heterocycles. The fourth-order valence-corrected chi connectivity index (χ4v) is 2.28. The molecular formula is C9H13NO2. The zero-order chi connectivity index (χ0) is 8.72. The fraction of sp³-hybridized carbons (Fsp3) is 0.667. The van der Waals surface area contributed by atoms with Crippen molar-refractivity contribution in [3.05, 3.63) is 12.2 Å². The van der Waals surface area contributed by atoms with Crippen molar-refractivity contribution in [1.29, 1.82) is 0 Å². The third-order valence-electron chi connectivity index (χ3n) is 2.90. The molecule has 1 fully saturated rings. The third kappa shape index (κ3) is 1.05. The molecule has 66 valence electrons. The van der Waals surface area contributed by atoms with Crippen LogP contribution in [0.25, 0.3) is 0 Å². The summed E-state index contributed by atoms with van der Waals surface area (Å²) in [4.78, 5) is 13.0. The zero-order valence-corrected chi connectivity index (χ0v) is 7.10. The molecule has 0 radical (unpaired) electrons. The lowest BCUT2D eigenvalue weighted by molar-refractivity contribution is -0.145. The molecule has 1 N–H and O–H groups in total. The van der Waals surface area contributed by atoms with Crippen LogP contribution in [0.4, 0.5) is 0 Å². The Morgan fingerprint density at radius 3 is 2.75 bits per heavy atom. The van der Waals surface area contributed by atoms with Crippen molar-refractivity contribution >= 4 is 5.97 Å². The number of hydrogen-bond donors (Lipinski definition) is 1. The topological polar surface area (TPSA) is 40.5 Å². The standard InChI is InChI=1S/C9H13NO2/c1-10-5-6-2-3-8(10)7(4-6)9(11)12/h2-3,6-8H,4-5H2,1H3,(H,11,12). The van der Waals surface area contributed by atoms with Crippen LogP contribution in [0.3, 0.4) is 0 Å². The summed E-state index contributed by atoms with van der Waals surface area (Å²) in [6, 6.07) is 0.132. The molecule has 12 heavy (non-hydrogen) atoms. The Kier molecular flexibility index (Phi) is 1.68. The van der Waals surface area contributed by atoms with Crippen molar-refractivity contribution in [2.75, 3.05) is 13.6 Å². The molecule has 0 amide bonds. The van der Waals surface area contributed by atoms with Gasteiger partial charge < -0.3 is 5.11 Å². The van der Waals surface area contributed by atoms with Crippen molar-refractivity contribution in [3.63, 3.8) is 0 Å². The van der Waals surface area contributed by atoms with Gasteiger partial charge in [-0.1, -0.05) is 12.2 Å². The molecule has 1 saturated heterocycles. The van der Waals surface area contributed by atoms with E-state index in [9.17, 15) is 4.79 Å². The van der Waals surface area contributed by atoms with Crippen molar-refractivity contribution in [3.8, 4) is 0 Å². The van der Waals surface area contributed by atoms with Crippen LogP contribution in [0, 0.1) is 11.8 Å². The summed E-state index contributed by atoms with van der Waals surface area (Å²) < 4.78 is 0. The van der Waals surface area contributed by atoms with Gasteiger partial charge in [0.05, 0.1) is 5.92 Å². The third-order valence-corrected chi connectivity index (χ3v) is 2.90. The molecule has 3 aliphatic rings. The first-order chi connectivity index (χ1) is 5.68. The summed E-state index contributed by atoms with van der Waals surface area (Å²) in [6.45, 7) is 1.02. The predicted molar refractivity (Wildman–Crippen MR) is 44.8 cm³/mol. The lowest BCUT2D eigenvalue weighted by atomic mass is 9.78. The molecule has 3 unspecified atom stereocenters. The van der Waals surface area contributed by atoms with Crippen LogP contribution in [0.1, 0.15) is 6.42 Å². The van der Waals surface area contributed by atoms with Gasteiger partial charge >= 0.3 is 5.97 Å². The fourth-order valence-electron chi connectivity index (χ4n) is 2.28. The predicted octanol–water partition coefficient (Wildman–Crippen LogP) is 0.577. The van der Waals surface area contributed by atoms with Gasteiger partial charge in [0.1, 0.15) is 0 Å². The number of likely N-dealkylation sites (N-methyl/N-ethyl adjacent to an activating group) is 1. The number of piperidine rings is 1. The van der Waals surface area contributed by atoms with Gasteiger partial charge in [0, 0.05) is 12.6 Å². The highest BCUT2D eigenvalue weighted by atomic mass is 16.4. The van der Waals surface area contributed by atoms with Gasteiger partial charge in [0.2, 0.25) is 0 Å². The van der Waals surface area contributed by atoms with Crippen molar-refractivity contribution < 1.29 is 9.90 Å². The highest BCUT2D eigenvalue weighted by Crippen LogP contribution is 2.33. The summed E-state index contributed by atoms with van der Waals surface area (Å²) in [5.41, 5.74) is 0. The number of fused-ring (bicyclic) bond motifs is 2. The van der Waals surface area contributed by atoms with Gasteiger partial charge in [-0.3, -0.25) is 9.69 Å². The number of carboxylic acid groups (broad SMARTS) is 1. The average Bonchev–Trinajstić information content (AvgIpc) is 2.04. The van der Waals surface area contributed by atoms with Crippen LogP contribution in [-0.2, 0) is 4.79 Å². The molecular weight excluding hydrogens is 154 g/mol. The first kappa shape index (κ1) is 7.80. The Hall–Kier alpha value is -0.830. The second-order valence-corrected chi connectivity index (χ2v) is 3.76. The molecule has 0 aromatic carbocycles. The Morgan fingerprint density at radius 2 is 2.33 bits per heavy atom. The lowest BCUT2D eigenvalue weighted by Crippen LogP contribution is -2.50. The number of carboxylic acids is 1. The molecule has 3 rings (SSSR count). The summed E-state index contributed by atoms with van der Waals surface area (Å²) in [5, 5.41) is 8.92. The molecule has 0 aromatic heterocycles. The van der Waals surface area contributed by atoms with Gasteiger partial charge in [0.25, 0.3) is 0 Å². The van der Waals surface area contributed by atoms with E-state index >= 15 is 0 Å². The minimum absolute atomic E-state index is 0.132. The monoisotopic (exact) mass is 167 g/mol. The molecule has 0 aromatic rings. The minimum atomic E-state index is -0.652. The Morgan fingerprint density at radius 1 is 1.58 bits per heavy atom. The molecule has 3 nitrogen and oxygen atoms in total. The van der Waals surface area contributed by atoms with E-state index in [1.54, 1.807) is 0 Å². The highest BCUT2D eigenvalue weighted by Gasteiger charge is 2.39. The zero-order valence-electron chi connectivity index (χ0n) is 7.10. The summed E-state index contributed by atoms with van der Waals surface area (Å²) in [5.74, 6) is -0.374. The van der Waals surface area contributed by atoms with E-state index in [1.807, 2.05) is 13.1 Å². The molecule has 0 spiro atoms. The first-order valence-electron chi connectivity index (χ1n) is 4.30. The van der Waals surface area contributed by atoms with E-state index in [0.29, 0.717) is 5.92 Å². The van der Waals surface area contributed by atoms with E-state index in [1.165, 1.54) is 0 Å². The molecule has 3 atom stereocenters. The van der Waals surface area contributed by atoms with Gasteiger partial charge in [0.15, 0.2) is 0 Å². The Labute approximate surface area is 71.7 Å². The van der Waals surface area contributed by atoms with E-state index in [4.69, 9.17) is 5.11 Å². The van der Waals surface area contributed by atoms with Crippen LogP contribution >= 0.6 is 0 Å². The second kappa shape index (κ2) is 2.59. The Balaban J connectivity index is 2.22. The van der Waals surface area contributed by atoms with E-state index < -0.39 is 5.97 Å². The molecule has 0 saturated carbocycles. The normalized spacial score (nSPS) is 40.2. The van der Waals surface area contributed by atoms with E-state index in [-0.39, 0.29) is 12.0 Å².